The molecule has 2 rings (SSSR count). The van der Waals surface area contributed by atoms with Crippen molar-refractivity contribution in [1.29, 1.82) is 0 Å². The van der Waals surface area contributed by atoms with Gasteiger partial charge in [0.05, 0.1) is 0 Å². The van der Waals surface area contributed by atoms with E-state index in [4.69, 9.17) is 0 Å². The Morgan fingerprint density at radius 1 is 1.11 bits per heavy atom. The Labute approximate surface area is 114 Å². The summed E-state index contributed by atoms with van der Waals surface area (Å²) in [6.07, 6.45) is 3.18. The quantitative estimate of drug-likeness (QED) is 0.686. The Kier molecular flexibility index (Phi) is 3.95. The van der Waals surface area contributed by atoms with Crippen LogP contribution in [0.5, 0.6) is 5.75 Å². The Morgan fingerprint density at radius 3 is 2.61 bits per heavy atom. The van der Waals surface area contributed by atoms with E-state index in [0.717, 1.165) is 10.0 Å². The average Bonchev–Trinajstić information content (AvgIpc) is 2.36. The highest BCUT2D eigenvalue weighted by atomic mass is 79.9. The molecule has 0 radical (unpaired) electrons. The van der Waals surface area contributed by atoms with Gasteiger partial charge in [0.25, 0.3) is 0 Å². The van der Waals surface area contributed by atoms with E-state index in [-0.39, 0.29) is 11.5 Å². The number of phenolic OH excluding ortho intramolecular Hbond substituents is 1. The highest BCUT2D eigenvalue weighted by Crippen LogP contribution is 2.15. The second-order valence-corrected chi connectivity index (χ2v) is 4.72. The number of hydrogen-bond donors (Lipinski definition) is 1. The van der Waals surface area contributed by atoms with E-state index in [1.807, 2.05) is 18.2 Å². The van der Waals surface area contributed by atoms with Crippen molar-refractivity contribution in [2.45, 2.75) is 0 Å². The van der Waals surface area contributed by atoms with Gasteiger partial charge in [-0.1, -0.05) is 46.3 Å². The zero-order valence-electron chi connectivity index (χ0n) is 9.51. The minimum Gasteiger partial charge on any atom is -0.508 e. The molecule has 0 saturated carbocycles. The first-order valence-electron chi connectivity index (χ1n) is 5.42. The molecule has 0 aromatic heterocycles. The molecule has 0 unspecified atom stereocenters. The van der Waals surface area contributed by atoms with E-state index in [1.54, 1.807) is 36.4 Å². The van der Waals surface area contributed by atoms with E-state index in [2.05, 4.69) is 15.9 Å². The summed E-state index contributed by atoms with van der Waals surface area (Å²) in [4.78, 5) is 11.9. The summed E-state index contributed by atoms with van der Waals surface area (Å²) >= 11 is 3.33. The predicted octanol–water partition coefficient (Wildman–Crippen LogP) is 4.05. The van der Waals surface area contributed by atoms with E-state index in [1.165, 1.54) is 6.08 Å². The molecule has 0 aliphatic heterocycles. The van der Waals surface area contributed by atoms with Gasteiger partial charge in [-0.3, -0.25) is 4.79 Å². The summed E-state index contributed by atoms with van der Waals surface area (Å²) < 4.78 is 0.874. The van der Waals surface area contributed by atoms with Crippen LogP contribution in [0.25, 0.3) is 6.08 Å². The van der Waals surface area contributed by atoms with Crippen LogP contribution >= 0.6 is 15.9 Å². The Bertz CT molecular complexity index is 603. The third-order valence-electron chi connectivity index (χ3n) is 2.41. The lowest BCUT2D eigenvalue weighted by Gasteiger charge is -1.97. The summed E-state index contributed by atoms with van der Waals surface area (Å²) in [5.41, 5.74) is 1.42. The number of aromatic hydroxyl groups is 1. The number of halogens is 1. The molecule has 0 amide bonds. The van der Waals surface area contributed by atoms with Crippen LogP contribution < -0.4 is 0 Å². The Morgan fingerprint density at radius 2 is 1.89 bits per heavy atom. The molecule has 3 heteroatoms. The smallest absolute Gasteiger partial charge is 0.185 e. The number of phenols is 1. The van der Waals surface area contributed by atoms with E-state index < -0.39 is 0 Å². The molecule has 0 atom stereocenters. The van der Waals surface area contributed by atoms with Crippen molar-refractivity contribution in [1.82, 2.24) is 0 Å². The monoisotopic (exact) mass is 302 g/mol. The first-order valence-corrected chi connectivity index (χ1v) is 6.21. The molecule has 0 fully saturated rings. The number of benzene rings is 2. The van der Waals surface area contributed by atoms with E-state index in [9.17, 15) is 9.90 Å². The molecule has 0 spiro atoms. The standard InChI is InChI=1S/C15H11BrO2/c16-13-5-2-4-12(10-13)15(18)8-7-11-3-1-6-14(17)9-11/h1-10,17H/b8-7+. The van der Waals surface area contributed by atoms with Gasteiger partial charge in [-0.05, 0) is 35.9 Å². The fraction of sp³-hybridized carbons (Fsp3) is 0. The molecule has 2 nitrogen and oxygen atoms in total. The van der Waals surface area contributed by atoms with Gasteiger partial charge in [-0.15, -0.1) is 0 Å². The molecular formula is C15H11BrO2. The van der Waals surface area contributed by atoms with Gasteiger partial charge in [0.15, 0.2) is 5.78 Å². The fourth-order valence-corrected chi connectivity index (χ4v) is 1.94. The molecule has 0 aliphatic carbocycles. The van der Waals surface area contributed by atoms with E-state index >= 15 is 0 Å². The van der Waals surface area contributed by atoms with Crippen LogP contribution in [0, 0.1) is 0 Å². The number of hydrogen-bond acceptors (Lipinski definition) is 2. The molecule has 2 aromatic carbocycles. The van der Waals surface area contributed by atoms with Crippen LogP contribution in [0.15, 0.2) is 59.1 Å². The van der Waals surface area contributed by atoms with Gasteiger partial charge >= 0.3 is 0 Å². The number of allylic oxidation sites excluding steroid dienone is 1. The number of rotatable bonds is 3. The number of ketones is 1. The molecular weight excluding hydrogens is 292 g/mol. The lowest BCUT2D eigenvalue weighted by molar-refractivity contribution is 0.104. The maximum absolute atomic E-state index is 11.9. The van der Waals surface area contributed by atoms with E-state index in [0.29, 0.717) is 5.56 Å². The minimum absolute atomic E-state index is 0.0698. The minimum atomic E-state index is -0.0698. The Balaban J connectivity index is 2.17. The lowest BCUT2D eigenvalue weighted by atomic mass is 10.1. The summed E-state index contributed by atoms with van der Waals surface area (Å²) in [6, 6.07) is 14.0. The van der Waals surface area contributed by atoms with Crippen molar-refractivity contribution in [3.8, 4) is 5.75 Å². The predicted molar refractivity (Wildman–Crippen MR) is 75.6 cm³/mol. The van der Waals surface area contributed by atoms with Gasteiger partial charge in [0.2, 0.25) is 0 Å². The summed E-state index contributed by atoms with van der Waals surface area (Å²) in [6.45, 7) is 0. The molecule has 0 heterocycles. The molecule has 2 aromatic rings. The van der Waals surface area contributed by atoms with Crippen LogP contribution in [0.2, 0.25) is 0 Å². The van der Waals surface area contributed by atoms with Gasteiger partial charge in [-0.2, -0.15) is 0 Å². The van der Waals surface area contributed by atoms with Crippen molar-refractivity contribution >= 4 is 27.8 Å². The maximum Gasteiger partial charge on any atom is 0.185 e. The molecule has 0 saturated heterocycles. The summed E-state index contributed by atoms with van der Waals surface area (Å²) in [7, 11) is 0. The zero-order chi connectivity index (χ0) is 13.0. The first kappa shape index (κ1) is 12.6. The SMILES string of the molecule is O=C(/C=C/c1cccc(O)c1)c1cccc(Br)c1. The van der Waals surface area contributed by atoms with Crippen molar-refractivity contribution in [3.63, 3.8) is 0 Å². The van der Waals surface area contributed by atoms with Crippen molar-refractivity contribution < 1.29 is 9.90 Å². The zero-order valence-corrected chi connectivity index (χ0v) is 11.1. The largest absolute Gasteiger partial charge is 0.508 e. The molecule has 0 aliphatic rings. The maximum atomic E-state index is 11.9. The average molecular weight is 303 g/mol. The van der Waals surface area contributed by atoms with Crippen LogP contribution in [-0.2, 0) is 0 Å². The highest BCUT2D eigenvalue weighted by Gasteiger charge is 2.01. The number of carbonyl (C=O) groups excluding carboxylic acids is 1. The van der Waals surface area contributed by atoms with Gasteiger partial charge in [0, 0.05) is 10.0 Å². The topological polar surface area (TPSA) is 37.3 Å². The van der Waals surface area contributed by atoms with Crippen molar-refractivity contribution in [3.05, 3.63) is 70.2 Å². The fourth-order valence-electron chi connectivity index (χ4n) is 1.54. The highest BCUT2D eigenvalue weighted by molar-refractivity contribution is 9.10. The molecule has 90 valence electrons. The second kappa shape index (κ2) is 5.65. The summed E-state index contributed by atoms with van der Waals surface area (Å²) in [5.74, 6) is 0.117. The first-order chi connectivity index (χ1) is 8.65. The normalized spacial score (nSPS) is 10.7. The third kappa shape index (κ3) is 3.31. The van der Waals surface area contributed by atoms with Crippen LogP contribution in [-0.4, -0.2) is 10.9 Å². The van der Waals surface area contributed by atoms with Gasteiger partial charge in [0.1, 0.15) is 5.75 Å². The van der Waals surface area contributed by atoms with Gasteiger partial charge in [-0.25, -0.2) is 0 Å². The van der Waals surface area contributed by atoms with Crippen LogP contribution in [0.4, 0.5) is 0 Å². The second-order valence-electron chi connectivity index (χ2n) is 3.80. The van der Waals surface area contributed by atoms with Crippen LogP contribution in [0.3, 0.4) is 0 Å². The molecule has 1 N–H and O–H groups in total. The van der Waals surface area contributed by atoms with Gasteiger partial charge < -0.3 is 5.11 Å². The third-order valence-corrected chi connectivity index (χ3v) is 2.90. The number of carbonyl (C=O) groups is 1. The molecule has 0 bridgehead atoms. The Hall–Kier alpha value is -1.87. The van der Waals surface area contributed by atoms with Crippen LogP contribution in [0.1, 0.15) is 15.9 Å². The van der Waals surface area contributed by atoms with Crippen molar-refractivity contribution in [2.24, 2.45) is 0 Å². The molecule has 18 heavy (non-hydrogen) atoms. The summed E-state index contributed by atoms with van der Waals surface area (Å²) in [5, 5.41) is 9.31. The van der Waals surface area contributed by atoms with Crippen molar-refractivity contribution in [2.75, 3.05) is 0 Å². The lowest BCUT2D eigenvalue weighted by Crippen LogP contribution is -1.93.